The van der Waals surface area contributed by atoms with Crippen LogP contribution in [0.1, 0.15) is 47.0 Å². The molecule has 0 aliphatic heterocycles. The van der Waals surface area contributed by atoms with Crippen molar-refractivity contribution in [3.8, 4) is 0 Å². The fraction of sp³-hybridized carbons (Fsp3) is 0.706. The predicted octanol–water partition coefficient (Wildman–Crippen LogP) is -0.0789. The van der Waals surface area contributed by atoms with E-state index < -0.39 is 42.2 Å². The van der Waals surface area contributed by atoms with Gasteiger partial charge in [-0.25, -0.2) is 0 Å². The molecule has 0 aromatic carbocycles. The Morgan fingerprint density at radius 2 is 1.58 bits per heavy atom. The second kappa shape index (κ2) is 11.3. The molecule has 0 heterocycles. The lowest BCUT2D eigenvalue weighted by atomic mass is 10.1. The molecule has 26 heavy (non-hydrogen) atoms. The zero-order valence-electron chi connectivity index (χ0n) is 15.8. The molecular formula is C17H29N3O6. The molecule has 3 amide bonds. The molecule has 0 aromatic heterocycles. The molecule has 0 aromatic rings. The van der Waals surface area contributed by atoms with Crippen molar-refractivity contribution >= 4 is 29.5 Å². The smallest absolute Gasteiger partial charge is 0.303 e. The Balaban J connectivity index is 4.76. The number of imide groups is 1. The van der Waals surface area contributed by atoms with E-state index in [9.17, 15) is 24.0 Å². The second-order valence-corrected chi connectivity index (χ2v) is 6.67. The average molecular weight is 371 g/mol. The molecule has 0 saturated carbocycles. The number of carboxylic acid groups (broad SMARTS) is 1. The van der Waals surface area contributed by atoms with Crippen LogP contribution in [0.2, 0.25) is 0 Å². The van der Waals surface area contributed by atoms with Crippen LogP contribution in [0.3, 0.4) is 0 Å². The van der Waals surface area contributed by atoms with Gasteiger partial charge in [0.1, 0.15) is 5.78 Å². The van der Waals surface area contributed by atoms with E-state index in [0.717, 1.165) is 4.90 Å². The quantitative estimate of drug-likeness (QED) is 0.460. The van der Waals surface area contributed by atoms with Crippen molar-refractivity contribution in [2.45, 2.75) is 53.0 Å². The Kier molecular flexibility index (Phi) is 10.3. The first-order valence-corrected chi connectivity index (χ1v) is 8.59. The highest BCUT2D eigenvalue weighted by Crippen LogP contribution is 2.06. The number of ketones is 1. The van der Waals surface area contributed by atoms with Crippen molar-refractivity contribution in [3.05, 3.63) is 0 Å². The van der Waals surface area contributed by atoms with Crippen LogP contribution < -0.4 is 11.1 Å². The van der Waals surface area contributed by atoms with Gasteiger partial charge in [0.2, 0.25) is 17.7 Å². The topological polar surface area (TPSA) is 147 Å². The first-order chi connectivity index (χ1) is 12.0. The Morgan fingerprint density at radius 3 is 2.04 bits per heavy atom. The number of nitrogens with zero attached hydrogens (tertiary/aromatic N) is 1. The van der Waals surface area contributed by atoms with Gasteiger partial charge in [-0.15, -0.1) is 0 Å². The Morgan fingerprint density at radius 1 is 1.00 bits per heavy atom. The number of amides is 3. The van der Waals surface area contributed by atoms with E-state index in [1.54, 1.807) is 27.7 Å². The summed E-state index contributed by atoms with van der Waals surface area (Å²) in [7, 11) is 0. The molecule has 4 N–H and O–H groups in total. The SMILES string of the molecule is CC(C)C(=O)CCN(C(=O)CNC(=O)[C@@H](N)CCC(=O)O)C(=O)C(C)C. The van der Waals surface area contributed by atoms with Crippen LogP contribution in [0.4, 0.5) is 0 Å². The minimum absolute atomic E-state index is 0.0478. The maximum absolute atomic E-state index is 12.3. The van der Waals surface area contributed by atoms with Crippen LogP contribution in [-0.2, 0) is 24.0 Å². The lowest BCUT2D eigenvalue weighted by Gasteiger charge is -2.23. The number of carboxylic acids is 1. The summed E-state index contributed by atoms with van der Waals surface area (Å²) in [6.45, 7) is 6.23. The summed E-state index contributed by atoms with van der Waals surface area (Å²) in [5.74, 6) is -3.54. The maximum atomic E-state index is 12.3. The third kappa shape index (κ3) is 8.70. The number of Topliss-reactive ketones (excluding diaryl/α,β-unsaturated/α-hetero) is 1. The van der Waals surface area contributed by atoms with Crippen molar-refractivity contribution < 1.29 is 29.1 Å². The predicted molar refractivity (Wildman–Crippen MR) is 93.9 cm³/mol. The number of nitrogens with one attached hydrogen (secondary N) is 1. The highest BCUT2D eigenvalue weighted by atomic mass is 16.4. The van der Waals surface area contributed by atoms with Crippen LogP contribution in [0.15, 0.2) is 0 Å². The summed E-state index contributed by atoms with van der Waals surface area (Å²) in [6.07, 6.45) is -0.279. The number of hydrogen-bond donors (Lipinski definition) is 3. The van der Waals surface area contributed by atoms with Crippen LogP contribution in [0.25, 0.3) is 0 Å². The van der Waals surface area contributed by atoms with Gasteiger partial charge in [-0.3, -0.25) is 28.9 Å². The summed E-state index contributed by atoms with van der Waals surface area (Å²) in [4.78, 5) is 59.5. The summed E-state index contributed by atoms with van der Waals surface area (Å²) >= 11 is 0. The molecule has 0 fully saturated rings. The molecule has 9 nitrogen and oxygen atoms in total. The van der Waals surface area contributed by atoms with Gasteiger partial charge in [-0.1, -0.05) is 27.7 Å². The third-order valence-electron chi connectivity index (χ3n) is 3.71. The zero-order valence-corrected chi connectivity index (χ0v) is 15.8. The Hall–Kier alpha value is -2.29. The zero-order chi connectivity index (χ0) is 20.4. The summed E-state index contributed by atoms with van der Waals surface area (Å²) in [5, 5.41) is 10.9. The van der Waals surface area contributed by atoms with Gasteiger partial charge in [0.25, 0.3) is 0 Å². The highest BCUT2D eigenvalue weighted by molar-refractivity contribution is 5.99. The third-order valence-corrected chi connectivity index (χ3v) is 3.71. The van der Waals surface area contributed by atoms with Crippen LogP contribution in [0, 0.1) is 11.8 Å². The molecule has 0 unspecified atom stereocenters. The van der Waals surface area contributed by atoms with E-state index in [4.69, 9.17) is 10.8 Å². The lowest BCUT2D eigenvalue weighted by Crippen LogP contribution is -2.49. The highest BCUT2D eigenvalue weighted by Gasteiger charge is 2.25. The van der Waals surface area contributed by atoms with Crippen molar-refractivity contribution in [2.75, 3.05) is 13.1 Å². The fourth-order valence-corrected chi connectivity index (χ4v) is 1.98. The molecule has 1 atom stereocenters. The van der Waals surface area contributed by atoms with Gasteiger partial charge in [0, 0.05) is 31.2 Å². The molecule has 0 aliphatic carbocycles. The molecule has 0 rings (SSSR count). The molecule has 0 spiro atoms. The first-order valence-electron chi connectivity index (χ1n) is 8.59. The maximum Gasteiger partial charge on any atom is 0.303 e. The van der Waals surface area contributed by atoms with Gasteiger partial charge in [0.05, 0.1) is 12.6 Å². The molecule has 0 bridgehead atoms. The Bertz CT molecular complexity index is 545. The van der Waals surface area contributed by atoms with Crippen LogP contribution >= 0.6 is 0 Å². The summed E-state index contributed by atoms with van der Waals surface area (Å²) in [6, 6.07) is -1.06. The van der Waals surface area contributed by atoms with E-state index in [1.807, 2.05) is 0 Å². The van der Waals surface area contributed by atoms with E-state index in [0.29, 0.717) is 0 Å². The standard InChI is InChI=1S/C17H29N3O6/c1-10(2)13(21)7-8-20(17(26)11(3)4)14(22)9-19-16(25)12(18)5-6-15(23)24/h10-12H,5-9,18H2,1-4H3,(H,19,25)(H,23,24)/t12-/m0/s1. The largest absolute Gasteiger partial charge is 0.481 e. The minimum atomic E-state index is -1.08. The number of nitrogens with two attached hydrogens (primary N) is 1. The van der Waals surface area contributed by atoms with Gasteiger partial charge in [-0.05, 0) is 6.42 Å². The van der Waals surface area contributed by atoms with Gasteiger partial charge in [-0.2, -0.15) is 0 Å². The van der Waals surface area contributed by atoms with Crippen LogP contribution in [0.5, 0.6) is 0 Å². The van der Waals surface area contributed by atoms with E-state index in [-0.39, 0.29) is 37.5 Å². The molecule has 9 heteroatoms. The number of rotatable bonds is 11. The van der Waals surface area contributed by atoms with E-state index in [1.165, 1.54) is 0 Å². The van der Waals surface area contributed by atoms with Gasteiger partial charge < -0.3 is 16.2 Å². The van der Waals surface area contributed by atoms with Crippen LogP contribution in [-0.4, -0.2) is 58.6 Å². The molecule has 148 valence electrons. The monoisotopic (exact) mass is 371 g/mol. The van der Waals surface area contributed by atoms with Gasteiger partial charge in [0.15, 0.2) is 0 Å². The van der Waals surface area contributed by atoms with E-state index in [2.05, 4.69) is 5.32 Å². The lowest BCUT2D eigenvalue weighted by molar-refractivity contribution is -0.147. The summed E-state index contributed by atoms with van der Waals surface area (Å²) < 4.78 is 0. The molecule has 0 aliphatic rings. The number of aliphatic carboxylic acids is 1. The van der Waals surface area contributed by atoms with Crippen molar-refractivity contribution in [2.24, 2.45) is 17.6 Å². The Labute approximate surface area is 153 Å². The minimum Gasteiger partial charge on any atom is -0.481 e. The summed E-state index contributed by atoms with van der Waals surface area (Å²) in [5.41, 5.74) is 5.56. The fourth-order valence-electron chi connectivity index (χ4n) is 1.98. The van der Waals surface area contributed by atoms with Crippen molar-refractivity contribution in [1.82, 2.24) is 10.2 Å². The first kappa shape index (κ1) is 23.7. The number of hydrogen-bond acceptors (Lipinski definition) is 6. The second-order valence-electron chi connectivity index (χ2n) is 6.67. The number of carbonyl (C=O) groups is 5. The van der Waals surface area contributed by atoms with Crippen molar-refractivity contribution in [1.29, 1.82) is 0 Å². The molecule has 0 radical (unpaired) electrons. The van der Waals surface area contributed by atoms with Crippen molar-refractivity contribution in [3.63, 3.8) is 0 Å². The van der Waals surface area contributed by atoms with Gasteiger partial charge >= 0.3 is 5.97 Å². The average Bonchev–Trinajstić information content (AvgIpc) is 2.56. The molecular weight excluding hydrogens is 342 g/mol. The molecule has 0 saturated heterocycles. The van der Waals surface area contributed by atoms with E-state index >= 15 is 0 Å². The normalized spacial score (nSPS) is 12.0. The number of carbonyl (C=O) groups excluding carboxylic acids is 4.